The van der Waals surface area contributed by atoms with E-state index in [1.807, 2.05) is 6.92 Å². The first-order valence-electron chi connectivity index (χ1n) is 15.7. The van der Waals surface area contributed by atoms with Gasteiger partial charge in [-0.3, -0.25) is 8.98 Å². The van der Waals surface area contributed by atoms with Crippen molar-refractivity contribution < 1.29 is 60.0 Å². The Labute approximate surface area is 269 Å². The van der Waals surface area contributed by atoms with Gasteiger partial charge in [0.05, 0.1) is 117 Å². The average Bonchev–Trinajstić information content (AvgIpc) is 3.02. The van der Waals surface area contributed by atoms with Crippen molar-refractivity contribution in [2.45, 2.75) is 44.4 Å². The first-order chi connectivity index (χ1) is 22.0. The molecule has 0 spiro atoms. The molecule has 0 aliphatic heterocycles. The Kier molecular flexibility index (Phi) is 27.2. The Morgan fingerprint density at radius 1 is 0.533 bits per heavy atom. The van der Waals surface area contributed by atoms with Crippen molar-refractivity contribution in [3.05, 3.63) is 29.8 Å². The molecule has 0 heterocycles. The molecule has 0 saturated carbocycles. The van der Waals surface area contributed by atoms with Gasteiger partial charge >= 0.3 is 5.97 Å². The maximum Gasteiger partial charge on any atom is 0.305 e. The third-order valence-electron chi connectivity index (χ3n) is 5.86. The van der Waals surface area contributed by atoms with Gasteiger partial charge < -0.3 is 42.6 Å². The van der Waals surface area contributed by atoms with Gasteiger partial charge in [-0.2, -0.15) is 8.42 Å². The fourth-order valence-electron chi connectivity index (χ4n) is 3.42. The highest BCUT2D eigenvalue weighted by molar-refractivity contribution is 7.86. The Hall–Kier alpha value is -1.72. The number of aryl methyl sites for hydroxylation is 1. The highest BCUT2D eigenvalue weighted by atomic mass is 32.2. The third-order valence-corrected chi connectivity index (χ3v) is 7.18. The molecule has 13 nitrogen and oxygen atoms in total. The van der Waals surface area contributed by atoms with Crippen molar-refractivity contribution in [2.75, 3.05) is 119 Å². The van der Waals surface area contributed by atoms with Crippen molar-refractivity contribution >= 4 is 16.1 Å². The molecule has 14 heteroatoms. The Morgan fingerprint density at radius 3 is 1.27 bits per heavy atom. The number of hydrogen-bond acceptors (Lipinski definition) is 13. The van der Waals surface area contributed by atoms with E-state index in [-0.39, 0.29) is 30.7 Å². The minimum absolute atomic E-state index is 0.0615. The molecule has 0 aliphatic carbocycles. The summed E-state index contributed by atoms with van der Waals surface area (Å²) >= 11 is 0. The molecule has 0 amide bonds. The summed E-state index contributed by atoms with van der Waals surface area (Å²) in [5.74, 6) is -0.168. The molecule has 0 N–H and O–H groups in total. The summed E-state index contributed by atoms with van der Waals surface area (Å²) in [6.45, 7) is 10.9. The molecule has 0 aromatic heterocycles. The molecule has 0 aliphatic rings. The van der Waals surface area contributed by atoms with Crippen LogP contribution in [0, 0.1) is 6.92 Å². The molecule has 45 heavy (non-hydrogen) atoms. The smallest absolute Gasteiger partial charge is 0.305 e. The maximum absolute atomic E-state index is 12.1. The van der Waals surface area contributed by atoms with Crippen molar-refractivity contribution in [1.82, 2.24) is 0 Å². The van der Waals surface area contributed by atoms with Gasteiger partial charge in [0.15, 0.2) is 0 Å². The second-order valence-corrected chi connectivity index (χ2v) is 11.3. The fraction of sp³-hybridized carbons (Fsp3) is 0.774. The molecule has 0 atom stereocenters. The van der Waals surface area contributed by atoms with E-state index in [0.29, 0.717) is 106 Å². The number of ether oxygens (including phenoxy) is 9. The summed E-state index contributed by atoms with van der Waals surface area (Å²) in [7, 11) is -3.77. The van der Waals surface area contributed by atoms with Gasteiger partial charge in [-0.25, -0.2) is 0 Å². The lowest BCUT2D eigenvalue weighted by Crippen LogP contribution is -2.16. The average molecular weight is 667 g/mol. The van der Waals surface area contributed by atoms with Crippen molar-refractivity contribution in [2.24, 2.45) is 0 Å². The summed E-state index contributed by atoms with van der Waals surface area (Å²) in [5, 5.41) is 0. The SMILES string of the molecule is CCCCCC(=O)OCCOCCOCCOCCOCCOCCOCCOCCOCCOS(=O)(=O)c1ccc(C)cc1. The summed E-state index contributed by atoms with van der Waals surface area (Å²) < 4.78 is 77.5. The first kappa shape index (κ1) is 41.3. The summed E-state index contributed by atoms with van der Waals surface area (Å²) in [6.07, 6.45) is 3.46. The van der Waals surface area contributed by atoms with Crippen LogP contribution in [0.1, 0.15) is 38.2 Å². The van der Waals surface area contributed by atoms with Crippen LogP contribution >= 0.6 is 0 Å². The van der Waals surface area contributed by atoms with Crippen LogP contribution in [0.5, 0.6) is 0 Å². The molecular formula is C31H54O13S. The van der Waals surface area contributed by atoms with Crippen molar-refractivity contribution in [3.8, 4) is 0 Å². The van der Waals surface area contributed by atoms with Crippen LogP contribution in [0.3, 0.4) is 0 Å². The van der Waals surface area contributed by atoms with E-state index in [9.17, 15) is 13.2 Å². The number of unbranched alkanes of at least 4 members (excludes halogenated alkanes) is 2. The predicted octanol–water partition coefficient (Wildman–Crippen LogP) is 2.96. The van der Waals surface area contributed by atoms with Gasteiger partial charge in [-0.1, -0.05) is 37.5 Å². The molecule has 0 radical (unpaired) electrons. The zero-order chi connectivity index (χ0) is 32.7. The molecular weight excluding hydrogens is 612 g/mol. The van der Waals surface area contributed by atoms with Crippen LogP contribution in [0.25, 0.3) is 0 Å². The number of hydrogen-bond donors (Lipinski definition) is 0. The summed E-state index contributed by atoms with van der Waals surface area (Å²) in [6, 6.07) is 6.47. The lowest BCUT2D eigenvalue weighted by molar-refractivity contribution is -0.145. The maximum atomic E-state index is 12.1. The van der Waals surface area contributed by atoms with E-state index in [2.05, 4.69) is 6.92 Å². The predicted molar refractivity (Wildman–Crippen MR) is 166 cm³/mol. The van der Waals surface area contributed by atoms with Gasteiger partial charge in [0.25, 0.3) is 10.1 Å². The van der Waals surface area contributed by atoms with Gasteiger partial charge in [0.2, 0.25) is 0 Å². The standard InChI is InChI=1S/C31H54O13S/c1-3-4-5-6-31(32)43-27-25-41-23-21-39-19-17-37-15-13-35-11-12-36-14-16-38-18-20-40-22-24-42-26-28-44-45(33,34)30-9-7-29(2)8-10-30/h7-10H,3-6,11-28H2,1-2H3. The van der Waals surface area contributed by atoms with Gasteiger partial charge in [0.1, 0.15) is 6.61 Å². The summed E-state index contributed by atoms with van der Waals surface area (Å²) in [5.41, 5.74) is 0.973. The number of carbonyl (C=O) groups excluding carboxylic acids is 1. The number of carbonyl (C=O) groups is 1. The highest BCUT2D eigenvalue weighted by Gasteiger charge is 2.14. The topological polar surface area (TPSA) is 144 Å². The van der Waals surface area contributed by atoms with Crippen molar-refractivity contribution in [3.63, 3.8) is 0 Å². The molecule has 0 bridgehead atoms. The molecule has 0 saturated heterocycles. The van der Waals surface area contributed by atoms with Crippen molar-refractivity contribution in [1.29, 1.82) is 0 Å². The lowest BCUT2D eigenvalue weighted by atomic mass is 10.2. The first-order valence-corrected chi connectivity index (χ1v) is 17.1. The minimum atomic E-state index is -3.77. The van der Waals surface area contributed by atoms with Crippen LogP contribution < -0.4 is 0 Å². The summed E-state index contributed by atoms with van der Waals surface area (Å²) in [4.78, 5) is 11.6. The fourth-order valence-corrected chi connectivity index (χ4v) is 4.32. The van der Waals surface area contributed by atoms with Crippen LogP contribution in [0.2, 0.25) is 0 Å². The lowest BCUT2D eigenvalue weighted by Gasteiger charge is -2.09. The minimum Gasteiger partial charge on any atom is -0.463 e. The molecule has 1 aromatic carbocycles. The molecule has 1 aromatic rings. The quantitative estimate of drug-likeness (QED) is 0.0617. The zero-order valence-corrected chi connectivity index (χ0v) is 27.9. The number of benzene rings is 1. The van der Waals surface area contributed by atoms with E-state index in [1.54, 1.807) is 12.1 Å². The monoisotopic (exact) mass is 666 g/mol. The van der Waals surface area contributed by atoms with Crippen LogP contribution in [0.4, 0.5) is 0 Å². The van der Waals surface area contributed by atoms with E-state index in [1.165, 1.54) is 12.1 Å². The van der Waals surface area contributed by atoms with E-state index >= 15 is 0 Å². The molecule has 262 valence electrons. The normalized spacial score (nSPS) is 11.7. The van der Waals surface area contributed by atoms with Gasteiger partial charge in [-0.15, -0.1) is 0 Å². The largest absolute Gasteiger partial charge is 0.463 e. The zero-order valence-electron chi connectivity index (χ0n) is 27.1. The Morgan fingerprint density at radius 2 is 0.889 bits per heavy atom. The molecule has 1 rings (SSSR count). The highest BCUT2D eigenvalue weighted by Crippen LogP contribution is 2.12. The van der Waals surface area contributed by atoms with Crippen LogP contribution in [-0.2, 0) is 61.7 Å². The Bertz CT molecular complexity index is 913. The van der Waals surface area contributed by atoms with E-state index in [0.717, 1.165) is 24.8 Å². The molecule has 0 fully saturated rings. The number of esters is 1. The van der Waals surface area contributed by atoms with Crippen LogP contribution in [-0.4, -0.2) is 133 Å². The van der Waals surface area contributed by atoms with E-state index < -0.39 is 10.1 Å². The van der Waals surface area contributed by atoms with Gasteiger partial charge in [0, 0.05) is 6.42 Å². The second kappa shape index (κ2) is 29.7. The Balaban J connectivity index is 1.71. The van der Waals surface area contributed by atoms with Gasteiger partial charge in [-0.05, 0) is 25.5 Å². The second-order valence-electron chi connectivity index (χ2n) is 9.67. The van der Waals surface area contributed by atoms with Crippen LogP contribution in [0.15, 0.2) is 29.2 Å². The van der Waals surface area contributed by atoms with E-state index in [4.69, 9.17) is 46.8 Å². The number of rotatable bonds is 33. The third kappa shape index (κ3) is 26.1. The molecule has 0 unspecified atom stereocenters.